The van der Waals surface area contributed by atoms with Crippen LogP contribution in [0.25, 0.3) is 0 Å². The summed E-state index contributed by atoms with van der Waals surface area (Å²) < 4.78 is 0. The molecule has 4 fully saturated rings. The summed E-state index contributed by atoms with van der Waals surface area (Å²) in [5.74, 6) is 0.601. The topological polar surface area (TPSA) is 69.7 Å². The first kappa shape index (κ1) is 19.7. The third-order valence-electron chi connectivity index (χ3n) is 7.06. The average molecular weight is 390 g/mol. The first-order valence-corrected chi connectivity index (χ1v) is 11.5. The Kier molecular flexibility index (Phi) is 6.22. The summed E-state index contributed by atoms with van der Waals surface area (Å²) in [6.45, 7) is 2.67. The molecule has 2 atom stereocenters. The van der Waals surface area contributed by atoms with Crippen LogP contribution < -0.4 is 5.32 Å². The molecule has 2 heterocycles. The molecule has 2 saturated heterocycles. The van der Waals surface area contributed by atoms with E-state index in [0.717, 1.165) is 64.5 Å². The summed E-state index contributed by atoms with van der Waals surface area (Å²) in [6.07, 6.45) is 11.4. The Morgan fingerprint density at radius 1 is 0.607 bits per heavy atom. The molecule has 0 aromatic carbocycles. The summed E-state index contributed by atoms with van der Waals surface area (Å²) in [5.41, 5.74) is 0. The van der Waals surface area contributed by atoms with Gasteiger partial charge in [0.25, 0.3) is 0 Å². The second-order valence-corrected chi connectivity index (χ2v) is 9.36. The minimum Gasteiger partial charge on any atom is -0.353 e. The van der Waals surface area contributed by atoms with E-state index in [1.165, 1.54) is 19.3 Å². The van der Waals surface area contributed by atoms with E-state index >= 15 is 0 Å². The molecule has 0 bridgehead atoms. The molecule has 0 aromatic rings. The molecule has 4 aliphatic rings. The molecule has 0 aromatic heterocycles. The minimum atomic E-state index is -0.0865. The van der Waals surface area contributed by atoms with Gasteiger partial charge in [-0.05, 0) is 51.4 Å². The zero-order valence-electron chi connectivity index (χ0n) is 17.0. The molecule has 156 valence electrons. The van der Waals surface area contributed by atoms with Gasteiger partial charge in [-0.25, -0.2) is 0 Å². The number of hydrogen-bond acceptors (Lipinski definition) is 3. The number of nitrogens with one attached hydrogen (secondary N) is 1. The summed E-state index contributed by atoms with van der Waals surface area (Å²) >= 11 is 0. The van der Waals surface area contributed by atoms with E-state index in [1.54, 1.807) is 0 Å². The van der Waals surface area contributed by atoms with E-state index in [1.807, 2.05) is 9.80 Å². The van der Waals surface area contributed by atoms with Crippen molar-refractivity contribution in [2.75, 3.05) is 26.2 Å². The van der Waals surface area contributed by atoms with Crippen LogP contribution >= 0.6 is 0 Å². The lowest BCUT2D eigenvalue weighted by atomic mass is 9.91. The molecule has 6 nitrogen and oxygen atoms in total. The summed E-state index contributed by atoms with van der Waals surface area (Å²) in [5, 5.41) is 3.24. The van der Waals surface area contributed by atoms with Crippen LogP contribution in [0.4, 0.5) is 0 Å². The highest BCUT2D eigenvalue weighted by Gasteiger charge is 2.38. The first-order chi connectivity index (χ1) is 13.6. The number of rotatable bonds is 4. The summed E-state index contributed by atoms with van der Waals surface area (Å²) in [7, 11) is 0. The Labute approximate surface area is 168 Å². The molecule has 2 saturated carbocycles. The Morgan fingerprint density at radius 2 is 1.18 bits per heavy atom. The highest BCUT2D eigenvalue weighted by Crippen LogP contribution is 2.33. The molecule has 1 N–H and O–H groups in total. The van der Waals surface area contributed by atoms with Crippen LogP contribution in [0.2, 0.25) is 0 Å². The Bertz CT molecular complexity index is 598. The van der Waals surface area contributed by atoms with Crippen LogP contribution in [-0.2, 0) is 14.4 Å². The predicted molar refractivity (Wildman–Crippen MR) is 106 cm³/mol. The maximum atomic E-state index is 13.1. The Morgan fingerprint density at radius 3 is 1.82 bits per heavy atom. The van der Waals surface area contributed by atoms with Gasteiger partial charge in [0, 0.05) is 38.1 Å². The number of hydrogen-bond donors (Lipinski definition) is 1. The maximum Gasteiger partial charge on any atom is 0.227 e. The van der Waals surface area contributed by atoms with Crippen molar-refractivity contribution in [1.29, 1.82) is 0 Å². The van der Waals surface area contributed by atoms with Crippen molar-refractivity contribution >= 4 is 17.7 Å². The Hall–Kier alpha value is -1.59. The lowest BCUT2D eigenvalue weighted by Crippen LogP contribution is -2.52. The molecular weight excluding hydrogens is 354 g/mol. The van der Waals surface area contributed by atoms with Gasteiger partial charge in [0.05, 0.1) is 11.8 Å². The largest absolute Gasteiger partial charge is 0.353 e. The van der Waals surface area contributed by atoms with Crippen molar-refractivity contribution in [3.63, 3.8) is 0 Å². The lowest BCUT2D eigenvalue weighted by Gasteiger charge is -2.38. The number of likely N-dealkylation sites (tertiary alicyclic amines) is 2. The van der Waals surface area contributed by atoms with Crippen molar-refractivity contribution in [3.05, 3.63) is 0 Å². The third-order valence-corrected chi connectivity index (χ3v) is 7.06. The van der Waals surface area contributed by atoms with E-state index in [-0.39, 0.29) is 35.5 Å². The number of carbonyl (C=O) groups excluding carboxylic acids is 3. The van der Waals surface area contributed by atoms with Gasteiger partial charge in [0.15, 0.2) is 0 Å². The highest BCUT2D eigenvalue weighted by molar-refractivity contribution is 5.84. The normalized spacial score (nSPS) is 29.4. The van der Waals surface area contributed by atoms with Crippen LogP contribution in [0.1, 0.15) is 70.6 Å². The van der Waals surface area contributed by atoms with E-state index in [4.69, 9.17) is 0 Å². The molecule has 6 heteroatoms. The van der Waals surface area contributed by atoms with Gasteiger partial charge < -0.3 is 15.1 Å². The molecular formula is C22H35N3O3. The fourth-order valence-corrected chi connectivity index (χ4v) is 5.18. The SMILES string of the molecule is O=C(NC1CCCCC1)C1CCCN(C(=O)C2CCCN(C(=O)C3CC3)C2)C1. The Balaban J connectivity index is 1.29. The van der Waals surface area contributed by atoms with Crippen LogP contribution in [0.3, 0.4) is 0 Å². The molecule has 2 unspecified atom stereocenters. The number of carbonyl (C=O) groups is 3. The maximum absolute atomic E-state index is 13.1. The zero-order valence-corrected chi connectivity index (χ0v) is 17.0. The van der Waals surface area contributed by atoms with Gasteiger partial charge in [-0.2, -0.15) is 0 Å². The summed E-state index contributed by atoms with van der Waals surface area (Å²) in [6, 6.07) is 0.327. The van der Waals surface area contributed by atoms with Crippen LogP contribution in [0.15, 0.2) is 0 Å². The first-order valence-electron chi connectivity index (χ1n) is 11.5. The van der Waals surface area contributed by atoms with E-state index in [2.05, 4.69) is 5.32 Å². The van der Waals surface area contributed by atoms with Gasteiger partial charge in [0.2, 0.25) is 17.7 Å². The van der Waals surface area contributed by atoms with Crippen molar-refractivity contribution in [3.8, 4) is 0 Å². The molecule has 0 spiro atoms. The van der Waals surface area contributed by atoms with Gasteiger partial charge in [0.1, 0.15) is 0 Å². The monoisotopic (exact) mass is 389 g/mol. The van der Waals surface area contributed by atoms with Crippen LogP contribution in [0.5, 0.6) is 0 Å². The molecule has 3 amide bonds. The molecule has 4 rings (SSSR count). The molecule has 0 radical (unpaired) electrons. The van der Waals surface area contributed by atoms with Crippen molar-refractivity contribution in [1.82, 2.24) is 15.1 Å². The van der Waals surface area contributed by atoms with E-state index < -0.39 is 0 Å². The van der Waals surface area contributed by atoms with Gasteiger partial charge in [-0.3, -0.25) is 14.4 Å². The van der Waals surface area contributed by atoms with Crippen LogP contribution in [-0.4, -0.2) is 59.7 Å². The third kappa shape index (κ3) is 4.69. The second-order valence-electron chi connectivity index (χ2n) is 9.36. The standard InChI is InChI=1S/C22H35N3O3/c26-20(23-19-8-2-1-3-9-19)17-6-4-12-24(14-17)22(28)18-7-5-13-25(15-18)21(27)16-10-11-16/h16-19H,1-15H2,(H,23,26). The zero-order chi connectivity index (χ0) is 19.5. The van der Waals surface area contributed by atoms with Crippen molar-refractivity contribution < 1.29 is 14.4 Å². The van der Waals surface area contributed by atoms with Crippen LogP contribution in [0, 0.1) is 17.8 Å². The fourth-order valence-electron chi connectivity index (χ4n) is 5.18. The molecule has 28 heavy (non-hydrogen) atoms. The quantitative estimate of drug-likeness (QED) is 0.802. The number of nitrogens with zero attached hydrogens (tertiary/aromatic N) is 2. The summed E-state index contributed by atoms with van der Waals surface area (Å²) in [4.78, 5) is 42.1. The highest BCUT2D eigenvalue weighted by atomic mass is 16.2. The van der Waals surface area contributed by atoms with E-state index in [0.29, 0.717) is 19.1 Å². The second kappa shape index (κ2) is 8.83. The average Bonchev–Trinajstić information content (AvgIpc) is 3.59. The number of amides is 3. The van der Waals surface area contributed by atoms with Gasteiger partial charge in [-0.15, -0.1) is 0 Å². The molecule has 2 aliphatic heterocycles. The van der Waals surface area contributed by atoms with E-state index in [9.17, 15) is 14.4 Å². The minimum absolute atomic E-state index is 0.0765. The molecule has 2 aliphatic carbocycles. The van der Waals surface area contributed by atoms with Gasteiger partial charge in [-0.1, -0.05) is 19.3 Å². The predicted octanol–water partition coefficient (Wildman–Crippen LogP) is 2.32. The smallest absolute Gasteiger partial charge is 0.227 e. The van der Waals surface area contributed by atoms with Crippen molar-refractivity contribution in [2.45, 2.75) is 76.7 Å². The fraction of sp³-hybridized carbons (Fsp3) is 0.864. The van der Waals surface area contributed by atoms with Gasteiger partial charge >= 0.3 is 0 Å². The van der Waals surface area contributed by atoms with Crippen molar-refractivity contribution in [2.24, 2.45) is 17.8 Å². The lowest BCUT2D eigenvalue weighted by molar-refractivity contribution is -0.143. The number of piperidine rings is 2.